The van der Waals surface area contributed by atoms with Crippen LogP contribution in [0.1, 0.15) is 22.8 Å². The molecule has 1 aliphatic rings. The van der Waals surface area contributed by atoms with E-state index in [0.717, 1.165) is 27.3 Å². The lowest BCUT2D eigenvalue weighted by Gasteiger charge is -2.25. The van der Waals surface area contributed by atoms with Gasteiger partial charge in [-0.05, 0) is 23.8 Å². The van der Waals surface area contributed by atoms with Crippen molar-refractivity contribution in [3.05, 3.63) is 64.1 Å². The Morgan fingerprint density at radius 3 is 2.70 bits per heavy atom. The van der Waals surface area contributed by atoms with E-state index >= 15 is 0 Å². The molecule has 1 aliphatic heterocycles. The number of anilines is 1. The van der Waals surface area contributed by atoms with Gasteiger partial charge in [-0.2, -0.15) is 0 Å². The Morgan fingerprint density at radius 1 is 1.15 bits per heavy atom. The summed E-state index contributed by atoms with van der Waals surface area (Å²) in [5.41, 5.74) is 3.22. The lowest BCUT2D eigenvalue weighted by atomic mass is 9.88. The van der Waals surface area contributed by atoms with Crippen LogP contribution in [-0.4, -0.2) is 20.1 Å². The molecule has 0 unspecified atom stereocenters. The molecular weight excluding hydrogens is 365 g/mol. The summed E-state index contributed by atoms with van der Waals surface area (Å²) in [6.07, 6.45) is 0.319. The number of hydrogen-bond donors (Lipinski definition) is 1. The van der Waals surface area contributed by atoms with E-state index in [1.165, 1.54) is 12.1 Å². The van der Waals surface area contributed by atoms with Crippen molar-refractivity contribution in [3.8, 4) is 22.6 Å². The van der Waals surface area contributed by atoms with Crippen LogP contribution in [0, 0.1) is 5.82 Å². The van der Waals surface area contributed by atoms with E-state index in [2.05, 4.69) is 5.32 Å². The van der Waals surface area contributed by atoms with Gasteiger partial charge in [-0.15, -0.1) is 11.3 Å². The Balaban J connectivity index is 1.85. The van der Waals surface area contributed by atoms with Gasteiger partial charge in [0.25, 0.3) is 0 Å². The number of benzene rings is 2. The van der Waals surface area contributed by atoms with Crippen LogP contribution in [0.25, 0.3) is 11.1 Å². The number of hydrogen-bond acceptors (Lipinski definition) is 4. The molecule has 0 aliphatic carbocycles. The molecule has 3 aromatic rings. The summed E-state index contributed by atoms with van der Waals surface area (Å²) in [5, 5.41) is 4.93. The summed E-state index contributed by atoms with van der Waals surface area (Å²) in [6.45, 7) is 0. The minimum Gasteiger partial charge on any atom is -0.493 e. The van der Waals surface area contributed by atoms with Crippen LogP contribution < -0.4 is 14.8 Å². The number of nitrogens with one attached hydrogen (secondary N) is 1. The predicted molar refractivity (Wildman–Crippen MR) is 104 cm³/mol. The van der Waals surface area contributed by atoms with Gasteiger partial charge in [0.2, 0.25) is 5.91 Å². The Bertz CT molecular complexity index is 1010. The first kappa shape index (κ1) is 17.5. The Kier molecular flexibility index (Phi) is 4.58. The highest BCUT2D eigenvalue weighted by atomic mass is 32.1. The third-order valence-electron chi connectivity index (χ3n) is 4.73. The van der Waals surface area contributed by atoms with E-state index in [9.17, 15) is 9.18 Å². The van der Waals surface area contributed by atoms with Gasteiger partial charge in [0, 0.05) is 33.7 Å². The van der Waals surface area contributed by atoms with Crippen molar-refractivity contribution in [2.75, 3.05) is 19.5 Å². The molecule has 27 heavy (non-hydrogen) atoms. The molecule has 4 rings (SSSR count). The number of rotatable bonds is 4. The number of halogens is 1. The number of fused-ring (bicyclic) bond motifs is 1. The summed E-state index contributed by atoms with van der Waals surface area (Å²) in [4.78, 5) is 13.5. The topological polar surface area (TPSA) is 47.6 Å². The average Bonchev–Trinajstić information content (AvgIpc) is 3.10. The molecule has 1 amide bonds. The van der Waals surface area contributed by atoms with Crippen molar-refractivity contribution >= 4 is 22.9 Å². The zero-order valence-electron chi connectivity index (χ0n) is 14.9. The molecule has 2 heterocycles. The van der Waals surface area contributed by atoms with E-state index in [4.69, 9.17) is 9.47 Å². The molecule has 1 N–H and O–H groups in total. The molecule has 0 spiro atoms. The molecule has 0 saturated carbocycles. The molecule has 138 valence electrons. The number of carbonyl (C=O) groups excluding carboxylic acids is 1. The van der Waals surface area contributed by atoms with Crippen LogP contribution in [0.15, 0.2) is 47.8 Å². The third-order valence-corrected chi connectivity index (χ3v) is 5.83. The Morgan fingerprint density at radius 2 is 1.96 bits per heavy atom. The highest BCUT2D eigenvalue weighted by Gasteiger charge is 2.32. The van der Waals surface area contributed by atoms with Gasteiger partial charge in [-0.25, -0.2) is 4.39 Å². The smallest absolute Gasteiger partial charge is 0.225 e. The summed E-state index contributed by atoms with van der Waals surface area (Å²) >= 11 is 1.56. The summed E-state index contributed by atoms with van der Waals surface area (Å²) in [7, 11) is 3.19. The van der Waals surface area contributed by atoms with Crippen LogP contribution >= 0.6 is 11.3 Å². The second-order valence-corrected chi connectivity index (χ2v) is 7.20. The lowest BCUT2D eigenvalue weighted by molar-refractivity contribution is -0.116. The van der Waals surface area contributed by atoms with Gasteiger partial charge in [-0.3, -0.25) is 4.79 Å². The molecule has 0 fully saturated rings. The predicted octanol–water partition coefficient (Wildman–Crippen LogP) is 5.05. The quantitative estimate of drug-likeness (QED) is 0.686. The van der Waals surface area contributed by atoms with Crippen molar-refractivity contribution in [3.63, 3.8) is 0 Å². The number of ether oxygens (including phenoxy) is 2. The monoisotopic (exact) mass is 383 g/mol. The van der Waals surface area contributed by atoms with E-state index in [-0.39, 0.29) is 17.6 Å². The van der Waals surface area contributed by atoms with Crippen molar-refractivity contribution in [1.29, 1.82) is 0 Å². The largest absolute Gasteiger partial charge is 0.493 e. The third kappa shape index (κ3) is 3.06. The second kappa shape index (κ2) is 7.04. The fourth-order valence-corrected chi connectivity index (χ4v) is 4.68. The highest BCUT2D eigenvalue weighted by Crippen LogP contribution is 2.49. The normalized spacial score (nSPS) is 15.8. The number of thiophene rings is 1. The SMILES string of the molecule is COc1cccc([C@H]2CC(=O)Nc3c(-c4cccc(F)c4)csc32)c1OC. The van der Waals surface area contributed by atoms with Crippen LogP contribution in [0.2, 0.25) is 0 Å². The van der Waals surface area contributed by atoms with E-state index in [0.29, 0.717) is 17.9 Å². The number of methoxy groups -OCH3 is 2. The molecule has 1 atom stereocenters. The maximum absolute atomic E-state index is 13.7. The van der Waals surface area contributed by atoms with Gasteiger partial charge in [0.15, 0.2) is 11.5 Å². The lowest BCUT2D eigenvalue weighted by Crippen LogP contribution is -2.22. The van der Waals surface area contributed by atoms with Gasteiger partial charge in [0.1, 0.15) is 5.82 Å². The standard InChI is InChI=1S/C21H18FNO3S/c1-25-17-8-4-7-14(20(17)26-2)15-10-18(24)23-19-16(11-27-21(15)19)12-5-3-6-13(22)9-12/h3-9,11,15H,10H2,1-2H3,(H,23,24)/t15-/m1/s1. The van der Waals surface area contributed by atoms with Gasteiger partial charge in [-0.1, -0.05) is 24.3 Å². The second-order valence-electron chi connectivity index (χ2n) is 6.29. The summed E-state index contributed by atoms with van der Waals surface area (Å²) in [5.74, 6) is 0.732. The van der Waals surface area contributed by atoms with Crippen molar-refractivity contribution in [2.24, 2.45) is 0 Å². The van der Waals surface area contributed by atoms with E-state index in [1.807, 2.05) is 29.6 Å². The van der Waals surface area contributed by atoms with Crippen molar-refractivity contribution < 1.29 is 18.7 Å². The molecule has 0 bridgehead atoms. The highest BCUT2D eigenvalue weighted by molar-refractivity contribution is 7.11. The fourth-order valence-electron chi connectivity index (χ4n) is 3.53. The fraction of sp³-hybridized carbons (Fsp3) is 0.190. The zero-order chi connectivity index (χ0) is 19.0. The molecule has 0 saturated heterocycles. The van der Waals surface area contributed by atoms with E-state index < -0.39 is 0 Å². The first-order valence-corrected chi connectivity index (χ1v) is 9.38. The average molecular weight is 383 g/mol. The van der Waals surface area contributed by atoms with Crippen LogP contribution in [0.5, 0.6) is 11.5 Å². The maximum atomic E-state index is 13.7. The molecule has 2 aromatic carbocycles. The van der Waals surface area contributed by atoms with Gasteiger partial charge >= 0.3 is 0 Å². The van der Waals surface area contributed by atoms with Crippen LogP contribution in [0.3, 0.4) is 0 Å². The molecule has 4 nitrogen and oxygen atoms in total. The van der Waals surface area contributed by atoms with Gasteiger partial charge in [0.05, 0.1) is 19.9 Å². The molecular formula is C21H18FNO3S. The number of carbonyl (C=O) groups is 1. The first-order valence-electron chi connectivity index (χ1n) is 8.50. The van der Waals surface area contributed by atoms with Gasteiger partial charge < -0.3 is 14.8 Å². The first-order chi connectivity index (χ1) is 13.1. The maximum Gasteiger partial charge on any atom is 0.225 e. The van der Waals surface area contributed by atoms with Crippen LogP contribution in [0.4, 0.5) is 10.1 Å². The Hall–Kier alpha value is -2.86. The van der Waals surface area contributed by atoms with Crippen LogP contribution in [-0.2, 0) is 4.79 Å². The Labute approximate surface area is 160 Å². The van der Waals surface area contributed by atoms with E-state index in [1.54, 1.807) is 31.6 Å². The summed E-state index contributed by atoms with van der Waals surface area (Å²) in [6, 6.07) is 12.1. The van der Waals surface area contributed by atoms with Crippen molar-refractivity contribution in [1.82, 2.24) is 0 Å². The minimum atomic E-state index is -0.305. The number of amides is 1. The molecule has 6 heteroatoms. The zero-order valence-corrected chi connectivity index (χ0v) is 15.7. The molecule has 1 aromatic heterocycles. The summed E-state index contributed by atoms with van der Waals surface area (Å²) < 4.78 is 24.7. The number of para-hydroxylation sites is 1. The molecule has 0 radical (unpaired) electrons. The minimum absolute atomic E-state index is 0.0755. The van der Waals surface area contributed by atoms with Crippen molar-refractivity contribution in [2.45, 2.75) is 12.3 Å².